The van der Waals surface area contributed by atoms with Gasteiger partial charge in [-0.3, -0.25) is 10.1 Å². The quantitative estimate of drug-likeness (QED) is 0.517. The Morgan fingerprint density at radius 1 is 1.42 bits per heavy atom. The summed E-state index contributed by atoms with van der Waals surface area (Å²) in [7, 11) is 1.46. The number of hydrogen-bond acceptors (Lipinski definition) is 4. The normalized spacial score (nSPS) is 22.2. The topological polar surface area (TPSA) is 47.6 Å². The Balaban J connectivity index is 2.41. The molecule has 0 bridgehead atoms. The highest BCUT2D eigenvalue weighted by Gasteiger charge is 2.34. The summed E-state index contributed by atoms with van der Waals surface area (Å²) in [6.45, 7) is 5.71. The van der Waals surface area contributed by atoms with Gasteiger partial charge in [0.1, 0.15) is 5.54 Å². The van der Waals surface area contributed by atoms with E-state index in [1.54, 1.807) is 0 Å². The van der Waals surface area contributed by atoms with Gasteiger partial charge in [-0.1, -0.05) is 32.6 Å². The molecule has 1 aliphatic rings. The van der Waals surface area contributed by atoms with Crippen molar-refractivity contribution in [3.8, 4) is 0 Å². The van der Waals surface area contributed by atoms with Gasteiger partial charge in [-0.25, -0.2) is 0 Å². The number of rotatable bonds is 9. The number of methoxy groups -OCH3 is 1. The first-order valence-corrected chi connectivity index (χ1v) is 7.57. The molecule has 0 aliphatic carbocycles. The Morgan fingerprint density at radius 3 is 2.79 bits per heavy atom. The van der Waals surface area contributed by atoms with Gasteiger partial charge in [0.25, 0.3) is 0 Å². The second kappa shape index (κ2) is 8.54. The SMILES string of the molecule is CCCCCCC(C)(NCC1CCCO1)C(=O)OC. The molecule has 0 aromatic carbocycles. The van der Waals surface area contributed by atoms with Crippen molar-refractivity contribution in [3.05, 3.63) is 0 Å². The summed E-state index contributed by atoms with van der Waals surface area (Å²) >= 11 is 0. The lowest BCUT2D eigenvalue weighted by Crippen LogP contribution is -2.52. The van der Waals surface area contributed by atoms with Gasteiger partial charge in [0.15, 0.2) is 0 Å². The Kier molecular flexibility index (Phi) is 7.39. The van der Waals surface area contributed by atoms with Gasteiger partial charge in [-0.2, -0.15) is 0 Å². The van der Waals surface area contributed by atoms with Crippen LogP contribution in [0.25, 0.3) is 0 Å². The van der Waals surface area contributed by atoms with Crippen LogP contribution in [0.15, 0.2) is 0 Å². The van der Waals surface area contributed by atoms with Gasteiger partial charge in [-0.05, 0) is 26.2 Å². The molecular weight excluding hydrogens is 242 g/mol. The van der Waals surface area contributed by atoms with Crippen LogP contribution >= 0.6 is 0 Å². The lowest BCUT2D eigenvalue weighted by atomic mass is 9.93. The first kappa shape index (κ1) is 16.4. The van der Waals surface area contributed by atoms with Crippen molar-refractivity contribution in [1.29, 1.82) is 0 Å². The summed E-state index contributed by atoms with van der Waals surface area (Å²) in [5.41, 5.74) is -0.575. The Hall–Kier alpha value is -0.610. The fourth-order valence-electron chi connectivity index (χ4n) is 2.54. The van der Waals surface area contributed by atoms with Crippen LogP contribution in [-0.4, -0.2) is 37.9 Å². The molecule has 2 unspecified atom stereocenters. The maximum absolute atomic E-state index is 12.0. The minimum atomic E-state index is -0.575. The zero-order valence-electron chi connectivity index (χ0n) is 12.7. The molecule has 1 rings (SSSR count). The third-order valence-corrected chi connectivity index (χ3v) is 3.91. The maximum Gasteiger partial charge on any atom is 0.325 e. The average Bonchev–Trinajstić information content (AvgIpc) is 2.94. The molecule has 0 spiro atoms. The summed E-state index contributed by atoms with van der Waals surface area (Å²) in [6.07, 6.45) is 7.94. The van der Waals surface area contributed by atoms with E-state index < -0.39 is 5.54 Å². The highest BCUT2D eigenvalue weighted by Crippen LogP contribution is 2.19. The Bertz CT molecular complexity index is 264. The van der Waals surface area contributed by atoms with Crippen molar-refractivity contribution >= 4 is 5.97 Å². The summed E-state index contributed by atoms with van der Waals surface area (Å²) in [6, 6.07) is 0. The number of esters is 1. The van der Waals surface area contributed by atoms with E-state index in [-0.39, 0.29) is 12.1 Å². The second-order valence-electron chi connectivity index (χ2n) is 5.65. The largest absolute Gasteiger partial charge is 0.468 e. The van der Waals surface area contributed by atoms with Gasteiger partial charge in [0.2, 0.25) is 0 Å². The van der Waals surface area contributed by atoms with Crippen molar-refractivity contribution in [3.63, 3.8) is 0 Å². The monoisotopic (exact) mass is 271 g/mol. The summed E-state index contributed by atoms with van der Waals surface area (Å²) < 4.78 is 10.5. The zero-order chi connectivity index (χ0) is 14.1. The van der Waals surface area contributed by atoms with Crippen LogP contribution in [0.4, 0.5) is 0 Å². The molecule has 2 atom stereocenters. The van der Waals surface area contributed by atoms with E-state index in [0.29, 0.717) is 0 Å². The van der Waals surface area contributed by atoms with Crippen molar-refractivity contribution < 1.29 is 14.3 Å². The fourth-order valence-corrected chi connectivity index (χ4v) is 2.54. The van der Waals surface area contributed by atoms with Crippen LogP contribution in [0.1, 0.15) is 58.8 Å². The number of ether oxygens (including phenoxy) is 2. The van der Waals surface area contributed by atoms with Crippen molar-refractivity contribution in [1.82, 2.24) is 5.32 Å². The van der Waals surface area contributed by atoms with Crippen LogP contribution in [0.2, 0.25) is 0 Å². The predicted molar refractivity (Wildman–Crippen MR) is 76.2 cm³/mol. The summed E-state index contributed by atoms with van der Waals surface area (Å²) in [5, 5.41) is 3.37. The Labute approximate surface area is 117 Å². The molecule has 1 N–H and O–H groups in total. The number of carbonyl (C=O) groups excluding carboxylic acids is 1. The van der Waals surface area contributed by atoms with Crippen LogP contribution < -0.4 is 5.32 Å². The standard InChI is InChI=1S/C15H29NO3/c1-4-5-6-7-10-15(2,14(17)18-3)16-12-13-9-8-11-19-13/h13,16H,4-12H2,1-3H3. The van der Waals surface area contributed by atoms with Crippen molar-refractivity contribution in [2.75, 3.05) is 20.3 Å². The van der Waals surface area contributed by atoms with Gasteiger partial charge in [-0.15, -0.1) is 0 Å². The lowest BCUT2D eigenvalue weighted by Gasteiger charge is -2.29. The number of hydrogen-bond donors (Lipinski definition) is 1. The van der Waals surface area contributed by atoms with Gasteiger partial charge in [0, 0.05) is 13.2 Å². The molecule has 0 radical (unpaired) electrons. The molecule has 1 aliphatic heterocycles. The van der Waals surface area contributed by atoms with E-state index in [4.69, 9.17) is 9.47 Å². The molecule has 4 nitrogen and oxygen atoms in total. The number of nitrogens with one attached hydrogen (secondary N) is 1. The molecule has 0 amide bonds. The molecule has 112 valence electrons. The fraction of sp³-hybridized carbons (Fsp3) is 0.933. The molecule has 1 heterocycles. The van der Waals surface area contributed by atoms with E-state index in [1.807, 2.05) is 6.92 Å². The van der Waals surface area contributed by atoms with Gasteiger partial charge >= 0.3 is 5.97 Å². The van der Waals surface area contributed by atoms with Crippen LogP contribution in [-0.2, 0) is 14.3 Å². The zero-order valence-corrected chi connectivity index (χ0v) is 12.7. The first-order chi connectivity index (χ1) is 9.12. The molecule has 4 heteroatoms. The molecule has 0 saturated carbocycles. The highest BCUT2D eigenvalue weighted by molar-refractivity contribution is 5.80. The molecule has 0 aromatic rings. The minimum Gasteiger partial charge on any atom is -0.468 e. The van der Waals surface area contributed by atoms with E-state index in [9.17, 15) is 4.79 Å². The van der Waals surface area contributed by atoms with E-state index in [1.165, 1.54) is 26.4 Å². The van der Waals surface area contributed by atoms with Crippen LogP contribution in [0.5, 0.6) is 0 Å². The van der Waals surface area contributed by atoms with Gasteiger partial charge < -0.3 is 9.47 Å². The summed E-state index contributed by atoms with van der Waals surface area (Å²) in [4.78, 5) is 12.0. The maximum atomic E-state index is 12.0. The highest BCUT2D eigenvalue weighted by atomic mass is 16.5. The third kappa shape index (κ3) is 5.49. The number of unbranched alkanes of at least 4 members (excludes halogenated alkanes) is 3. The molecule has 1 saturated heterocycles. The minimum absolute atomic E-state index is 0.165. The van der Waals surface area contributed by atoms with Crippen molar-refractivity contribution in [2.24, 2.45) is 0 Å². The second-order valence-corrected chi connectivity index (χ2v) is 5.65. The van der Waals surface area contributed by atoms with Crippen LogP contribution in [0.3, 0.4) is 0 Å². The predicted octanol–water partition coefficient (Wildman–Crippen LogP) is 2.66. The third-order valence-electron chi connectivity index (χ3n) is 3.91. The summed E-state index contributed by atoms with van der Waals surface area (Å²) in [5.74, 6) is -0.165. The van der Waals surface area contributed by atoms with E-state index in [0.717, 1.165) is 38.8 Å². The van der Waals surface area contributed by atoms with Gasteiger partial charge in [0.05, 0.1) is 13.2 Å². The lowest BCUT2D eigenvalue weighted by molar-refractivity contribution is -0.148. The Morgan fingerprint density at radius 2 is 2.21 bits per heavy atom. The molecular formula is C15H29NO3. The first-order valence-electron chi connectivity index (χ1n) is 7.57. The van der Waals surface area contributed by atoms with E-state index >= 15 is 0 Å². The number of carbonyl (C=O) groups is 1. The average molecular weight is 271 g/mol. The molecule has 1 fully saturated rings. The smallest absolute Gasteiger partial charge is 0.325 e. The van der Waals surface area contributed by atoms with Crippen molar-refractivity contribution in [2.45, 2.75) is 70.4 Å². The van der Waals surface area contributed by atoms with Crippen LogP contribution in [0, 0.1) is 0 Å². The molecule has 0 aromatic heterocycles. The van der Waals surface area contributed by atoms with E-state index in [2.05, 4.69) is 12.2 Å². The molecule has 19 heavy (non-hydrogen) atoms.